The van der Waals surface area contributed by atoms with E-state index in [0.29, 0.717) is 18.7 Å². The smallest absolute Gasteiger partial charge is 0.326 e. The number of carboxylic acids is 1. The predicted molar refractivity (Wildman–Crippen MR) is 66.4 cm³/mol. The fourth-order valence-electron chi connectivity index (χ4n) is 2.35. The van der Waals surface area contributed by atoms with E-state index in [4.69, 9.17) is 0 Å². The lowest BCUT2D eigenvalue weighted by Gasteiger charge is -2.29. The molecule has 2 unspecified atom stereocenters. The highest BCUT2D eigenvalue weighted by atomic mass is 32.2. The maximum Gasteiger partial charge on any atom is 0.326 e. The maximum atomic E-state index is 12.2. The molecule has 0 aliphatic carbocycles. The molecular formula is C11H16N2O4S. The Morgan fingerprint density at radius 3 is 2.72 bits per heavy atom. The van der Waals surface area contributed by atoms with Crippen LogP contribution in [0.4, 0.5) is 4.79 Å². The average molecular weight is 272 g/mol. The molecule has 0 bridgehead atoms. The number of nitrogens with one attached hydrogen (secondary N) is 1. The van der Waals surface area contributed by atoms with E-state index in [1.165, 1.54) is 4.90 Å². The highest BCUT2D eigenvalue weighted by molar-refractivity contribution is 8.14. The minimum absolute atomic E-state index is 0.213. The van der Waals surface area contributed by atoms with E-state index in [9.17, 15) is 19.5 Å². The standard InChI is InChI=1S/C11H16N2O4S/c14-9(7-6-18-11(17)12-7)13-5-3-1-2-4-8(13)10(15)16/h7-8H,1-6H2,(H,12,17)(H,15,16). The van der Waals surface area contributed by atoms with Gasteiger partial charge in [0.15, 0.2) is 0 Å². The number of carbonyl (C=O) groups excluding carboxylic acids is 2. The molecule has 2 N–H and O–H groups in total. The molecule has 2 aliphatic heterocycles. The Hall–Kier alpha value is -1.24. The first kappa shape index (κ1) is 13.2. The number of amides is 2. The van der Waals surface area contributed by atoms with Crippen LogP contribution in [0, 0.1) is 0 Å². The third kappa shape index (κ3) is 2.77. The molecule has 2 heterocycles. The fraction of sp³-hybridized carbons (Fsp3) is 0.727. The van der Waals surface area contributed by atoms with Gasteiger partial charge in [-0.2, -0.15) is 0 Å². The van der Waals surface area contributed by atoms with Gasteiger partial charge in [-0.25, -0.2) is 4.79 Å². The van der Waals surface area contributed by atoms with Crippen molar-refractivity contribution < 1.29 is 19.5 Å². The minimum Gasteiger partial charge on any atom is -0.480 e. The van der Waals surface area contributed by atoms with E-state index in [1.54, 1.807) is 0 Å². The van der Waals surface area contributed by atoms with Crippen molar-refractivity contribution in [2.45, 2.75) is 37.8 Å². The Kier molecular flexibility index (Phi) is 4.11. The highest BCUT2D eigenvalue weighted by Gasteiger charge is 2.37. The van der Waals surface area contributed by atoms with Crippen molar-refractivity contribution >= 4 is 28.9 Å². The van der Waals surface area contributed by atoms with Gasteiger partial charge in [0.25, 0.3) is 5.24 Å². The summed E-state index contributed by atoms with van der Waals surface area (Å²) >= 11 is 1.07. The molecule has 2 rings (SSSR count). The molecule has 0 saturated carbocycles. The van der Waals surface area contributed by atoms with Gasteiger partial charge >= 0.3 is 5.97 Å². The lowest BCUT2D eigenvalue weighted by Crippen LogP contribution is -2.52. The van der Waals surface area contributed by atoms with Crippen molar-refractivity contribution in [2.24, 2.45) is 0 Å². The van der Waals surface area contributed by atoms with Crippen LogP contribution in [-0.4, -0.2) is 51.5 Å². The second kappa shape index (κ2) is 5.60. The van der Waals surface area contributed by atoms with Gasteiger partial charge in [-0.3, -0.25) is 9.59 Å². The van der Waals surface area contributed by atoms with Gasteiger partial charge in [0, 0.05) is 12.3 Å². The quantitative estimate of drug-likeness (QED) is 0.771. The molecule has 2 atom stereocenters. The Bertz CT molecular complexity index is 374. The lowest BCUT2D eigenvalue weighted by molar-refractivity contribution is -0.150. The van der Waals surface area contributed by atoms with Gasteiger partial charge in [-0.1, -0.05) is 24.6 Å². The van der Waals surface area contributed by atoms with Gasteiger partial charge in [-0.15, -0.1) is 0 Å². The second-order valence-corrected chi connectivity index (χ2v) is 5.52. The first-order chi connectivity index (χ1) is 8.59. The van der Waals surface area contributed by atoms with Crippen LogP contribution in [0.3, 0.4) is 0 Å². The maximum absolute atomic E-state index is 12.2. The zero-order chi connectivity index (χ0) is 13.1. The van der Waals surface area contributed by atoms with Gasteiger partial charge in [0.2, 0.25) is 5.91 Å². The first-order valence-corrected chi connectivity index (χ1v) is 7.04. The van der Waals surface area contributed by atoms with Crippen LogP contribution in [0.25, 0.3) is 0 Å². The largest absolute Gasteiger partial charge is 0.480 e. The van der Waals surface area contributed by atoms with Crippen molar-refractivity contribution in [3.8, 4) is 0 Å². The molecular weight excluding hydrogens is 256 g/mol. The summed E-state index contributed by atoms with van der Waals surface area (Å²) in [7, 11) is 0. The molecule has 18 heavy (non-hydrogen) atoms. The first-order valence-electron chi connectivity index (χ1n) is 6.06. The summed E-state index contributed by atoms with van der Waals surface area (Å²) in [6.07, 6.45) is 3.09. The van der Waals surface area contributed by atoms with Gasteiger partial charge in [-0.05, 0) is 12.8 Å². The van der Waals surface area contributed by atoms with Crippen LogP contribution < -0.4 is 5.32 Å². The Balaban J connectivity index is 2.09. The van der Waals surface area contributed by atoms with Crippen molar-refractivity contribution in [1.29, 1.82) is 0 Å². The third-order valence-corrected chi connectivity index (χ3v) is 4.17. The Morgan fingerprint density at radius 2 is 2.11 bits per heavy atom. The molecule has 0 aromatic carbocycles. The summed E-state index contributed by atoms with van der Waals surface area (Å²) in [5.74, 6) is -0.828. The summed E-state index contributed by atoms with van der Waals surface area (Å²) < 4.78 is 0. The third-order valence-electron chi connectivity index (χ3n) is 3.29. The number of rotatable bonds is 2. The molecule has 100 valence electrons. The lowest BCUT2D eigenvalue weighted by atomic mass is 10.1. The Labute approximate surface area is 109 Å². The molecule has 2 amide bonds. The van der Waals surface area contributed by atoms with Crippen molar-refractivity contribution in [1.82, 2.24) is 10.2 Å². The normalized spacial score (nSPS) is 28.7. The summed E-state index contributed by atoms with van der Waals surface area (Å²) in [6.45, 7) is 0.465. The van der Waals surface area contributed by atoms with E-state index in [2.05, 4.69) is 5.32 Å². The van der Waals surface area contributed by atoms with Gasteiger partial charge in [0.05, 0.1) is 0 Å². The number of carbonyl (C=O) groups is 3. The SMILES string of the molecule is O=C1NC(C(=O)N2CCCCCC2C(=O)O)CS1. The van der Waals surface area contributed by atoms with E-state index < -0.39 is 18.1 Å². The number of hydrogen-bond donors (Lipinski definition) is 2. The fourth-order valence-corrected chi connectivity index (χ4v) is 3.12. The summed E-state index contributed by atoms with van der Waals surface area (Å²) in [5, 5.41) is 11.5. The zero-order valence-electron chi connectivity index (χ0n) is 9.92. The van der Waals surface area contributed by atoms with E-state index >= 15 is 0 Å². The monoisotopic (exact) mass is 272 g/mol. The van der Waals surface area contributed by atoms with Crippen LogP contribution in [-0.2, 0) is 9.59 Å². The topological polar surface area (TPSA) is 86.7 Å². The average Bonchev–Trinajstić information content (AvgIpc) is 2.63. The van der Waals surface area contributed by atoms with E-state index in [0.717, 1.165) is 31.0 Å². The summed E-state index contributed by atoms with van der Waals surface area (Å²) in [5.41, 5.74) is 0. The predicted octanol–water partition coefficient (Wildman–Crippen LogP) is 0.667. The van der Waals surface area contributed by atoms with Crippen LogP contribution in [0.5, 0.6) is 0 Å². The number of hydrogen-bond acceptors (Lipinski definition) is 4. The van der Waals surface area contributed by atoms with Crippen LogP contribution in [0.1, 0.15) is 25.7 Å². The molecule has 0 aromatic heterocycles. The number of nitrogens with zero attached hydrogens (tertiary/aromatic N) is 1. The number of likely N-dealkylation sites (tertiary alicyclic amines) is 1. The molecule has 2 fully saturated rings. The molecule has 7 heteroatoms. The summed E-state index contributed by atoms with van der Waals surface area (Å²) in [6, 6.07) is -1.31. The van der Waals surface area contributed by atoms with Crippen LogP contribution in [0.15, 0.2) is 0 Å². The van der Waals surface area contributed by atoms with Crippen LogP contribution in [0.2, 0.25) is 0 Å². The highest BCUT2D eigenvalue weighted by Crippen LogP contribution is 2.21. The number of aliphatic carboxylic acids is 1. The zero-order valence-corrected chi connectivity index (χ0v) is 10.7. The molecule has 0 radical (unpaired) electrons. The van der Waals surface area contributed by atoms with Crippen molar-refractivity contribution in [2.75, 3.05) is 12.3 Å². The molecule has 0 aromatic rings. The van der Waals surface area contributed by atoms with Gasteiger partial charge < -0.3 is 15.3 Å². The van der Waals surface area contributed by atoms with Crippen molar-refractivity contribution in [3.05, 3.63) is 0 Å². The van der Waals surface area contributed by atoms with Crippen molar-refractivity contribution in [3.63, 3.8) is 0 Å². The minimum atomic E-state index is -0.956. The second-order valence-electron chi connectivity index (χ2n) is 4.53. The van der Waals surface area contributed by atoms with E-state index in [1.807, 2.05) is 0 Å². The summed E-state index contributed by atoms with van der Waals surface area (Å²) in [4.78, 5) is 36.0. The molecule has 6 nitrogen and oxygen atoms in total. The number of carboxylic acid groups (broad SMARTS) is 1. The number of thioether (sulfide) groups is 1. The van der Waals surface area contributed by atoms with E-state index in [-0.39, 0.29) is 11.1 Å². The molecule has 0 spiro atoms. The molecule has 2 saturated heterocycles. The Morgan fingerprint density at radius 1 is 1.33 bits per heavy atom. The molecule has 2 aliphatic rings. The van der Waals surface area contributed by atoms with Crippen LogP contribution >= 0.6 is 11.8 Å². The van der Waals surface area contributed by atoms with Gasteiger partial charge in [0.1, 0.15) is 12.1 Å².